The molecular weight excluding hydrogens is 349 g/mol. The summed E-state index contributed by atoms with van der Waals surface area (Å²) in [6.07, 6.45) is 5.15. The third-order valence-corrected chi connectivity index (χ3v) is 5.10. The first-order valence-electron chi connectivity index (χ1n) is 8.12. The Balaban J connectivity index is 0.00000208. The molecule has 0 aromatic heterocycles. The number of fused-ring (bicyclic) bond motifs is 2. The summed E-state index contributed by atoms with van der Waals surface area (Å²) in [5.74, 6) is 0.182. The quantitative estimate of drug-likeness (QED) is 0.761. The molecule has 2 aliphatic rings. The number of benzene rings is 1. The van der Waals surface area contributed by atoms with Crippen molar-refractivity contribution >= 4 is 41.5 Å². The Morgan fingerprint density at radius 3 is 2.54 bits per heavy atom. The number of carbonyl (C=O) groups is 2. The summed E-state index contributed by atoms with van der Waals surface area (Å²) in [5.41, 5.74) is 0.974. The van der Waals surface area contributed by atoms with Crippen LogP contribution in [-0.4, -0.2) is 30.9 Å². The summed E-state index contributed by atoms with van der Waals surface area (Å²) in [7, 11) is 1.55. The molecule has 2 unspecified atom stereocenters. The van der Waals surface area contributed by atoms with Crippen LogP contribution in [0.15, 0.2) is 18.2 Å². The molecule has 7 heteroatoms. The van der Waals surface area contributed by atoms with Gasteiger partial charge >= 0.3 is 0 Å². The summed E-state index contributed by atoms with van der Waals surface area (Å²) in [4.78, 5) is 24.0. The van der Waals surface area contributed by atoms with Gasteiger partial charge in [0.05, 0.1) is 10.6 Å². The number of hydrogen-bond acceptors (Lipinski definition) is 3. The van der Waals surface area contributed by atoms with Crippen molar-refractivity contribution in [3.8, 4) is 0 Å². The van der Waals surface area contributed by atoms with Gasteiger partial charge in [0.15, 0.2) is 0 Å². The van der Waals surface area contributed by atoms with E-state index >= 15 is 0 Å². The lowest BCUT2D eigenvalue weighted by Crippen LogP contribution is -2.39. The maximum atomic E-state index is 12.3. The standard InChI is InChI=1S/C17H22ClN3O2.ClH/c1-19-17(23)14-9-13(4-5-15(14)18)21-16(22)8-10-6-11-2-3-12(7-10)20-11;/h4-5,9-12,20H,2-3,6-8H2,1H3,(H,19,23)(H,21,22);1H. The highest BCUT2D eigenvalue weighted by Gasteiger charge is 2.34. The van der Waals surface area contributed by atoms with Gasteiger partial charge in [-0.1, -0.05) is 11.6 Å². The molecule has 0 radical (unpaired) electrons. The van der Waals surface area contributed by atoms with Gasteiger partial charge in [-0.05, 0) is 49.8 Å². The molecule has 3 rings (SSSR count). The van der Waals surface area contributed by atoms with Crippen LogP contribution < -0.4 is 16.0 Å². The molecule has 0 saturated carbocycles. The molecule has 5 nitrogen and oxygen atoms in total. The number of anilines is 1. The first-order valence-corrected chi connectivity index (χ1v) is 8.50. The van der Waals surface area contributed by atoms with E-state index in [0.29, 0.717) is 40.7 Å². The molecule has 2 atom stereocenters. The smallest absolute Gasteiger partial charge is 0.252 e. The van der Waals surface area contributed by atoms with Crippen LogP contribution in [-0.2, 0) is 4.79 Å². The van der Waals surface area contributed by atoms with E-state index < -0.39 is 0 Å². The molecule has 3 N–H and O–H groups in total. The van der Waals surface area contributed by atoms with Gasteiger partial charge in [0.1, 0.15) is 0 Å². The highest BCUT2D eigenvalue weighted by Crippen LogP contribution is 2.33. The molecule has 2 fully saturated rings. The first kappa shape index (κ1) is 19.0. The van der Waals surface area contributed by atoms with Crippen molar-refractivity contribution in [1.29, 1.82) is 0 Å². The van der Waals surface area contributed by atoms with Crippen LogP contribution >= 0.6 is 24.0 Å². The number of carbonyl (C=O) groups excluding carboxylic acids is 2. The normalized spacial score (nSPS) is 24.8. The average Bonchev–Trinajstić information content (AvgIpc) is 2.87. The minimum atomic E-state index is -0.263. The van der Waals surface area contributed by atoms with E-state index in [1.165, 1.54) is 12.8 Å². The zero-order valence-electron chi connectivity index (χ0n) is 13.6. The lowest BCUT2D eigenvalue weighted by Gasteiger charge is -2.28. The second-order valence-corrected chi connectivity index (χ2v) is 6.91. The largest absolute Gasteiger partial charge is 0.355 e. The van der Waals surface area contributed by atoms with E-state index in [9.17, 15) is 9.59 Å². The molecule has 2 amide bonds. The SMILES string of the molecule is CNC(=O)c1cc(NC(=O)CC2CC3CCC(C2)N3)ccc1Cl.Cl. The molecule has 24 heavy (non-hydrogen) atoms. The minimum Gasteiger partial charge on any atom is -0.355 e. The van der Waals surface area contributed by atoms with Gasteiger partial charge in [-0.25, -0.2) is 0 Å². The fourth-order valence-electron chi connectivity index (χ4n) is 3.73. The Kier molecular flexibility index (Phi) is 6.49. The number of piperidine rings is 1. The summed E-state index contributed by atoms with van der Waals surface area (Å²) in [6, 6.07) is 6.14. The molecule has 132 valence electrons. The first-order chi connectivity index (χ1) is 11.0. The minimum absolute atomic E-state index is 0. The van der Waals surface area contributed by atoms with Crippen molar-refractivity contribution in [2.75, 3.05) is 12.4 Å². The predicted octanol–water partition coefficient (Wildman–Crippen LogP) is 2.98. The van der Waals surface area contributed by atoms with E-state index in [-0.39, 0.29) is 24.2 Å². The third-order valence-electron chi connectivity index (χ3n) is 4.77. The van der Waals surface area contributed by atoms with Crippen molar-refractivity contribution in [1.82, 2.24) is 10.6 Å². The molecule has 2 bridgehead atoms. The van der Waals surface area contributed by atoms with Crippen LogP contribution in [0.2, 0.25) is 5.02 Å². The van der Waals surface area contributed by atoms with Crippen LogP contribution in [0.3, 0.4) is 0 Å². The number of rotatable bonds is 4. The molecular formula is C17H23Cl2N3O2. The topological polar surface area (TPSA) is 70.2 Å². The van der Waals surface area contributed by atoms with Crippen LogP contribution in [0, 0.1) is 5.92 Å². The van der Waals surface area contributed by atoms with Crippen molar-refractivity contribution < 1.29 is 9.59 Å². The fraction of sp³-hybridized carbons (Fsp3) is 0.529. The van der Waals surface area contributed by atoms with Crippen LogP contribution in [0.4, 0.5) is 5.69 Å². The van der Waals surface area contributed by atoms with Crippen LogP contribution in [0.25, 0.3) is 0 Å². The van der Waals surface area contributed by atoms with Crippen molar-refractivity contribution in [3.05, 3.63) is 28.8 Å². The Labute approximate surface area is 153 Å². The van der Waals surface area contributed by atoms with Gasteiger partial charge in [-0.2, -0.15) is 0 Å². The molecule has 2 heterocycles. The van der Waals surface area contributed by atoms with Gasteiger partial charge in [-0.3, -0.25) is 9.59 Å². The fourth-order valence-corrected chi connectivity index (χ4v) is 3.93. The highest BCUT2D eigenvalue weighted by atomic mass is 35.5. The van der Waals surface area contributed by atoms with Gasteiger partial charge in [0, 0.05) is 31.2 Å². The summed E-state index contributed by atoms with van der Waals surface area (Å²) in [6.45, 7) is 0. The van der Waals surface area contributed by atoms with Gasteiger partial charge in [-0.15, -0.1) is 12.4 Å². The summed E-state index contributed by atoms with van der Waals surface area (Å²) < 4.78 is 0. The molecule has 1 aromatic carbocycles. The van der Waals surface area contributed by atoms with Crippen LogP contribution in [0.1, 0.15) is 42.5 Å². The Morgan fingerprint density at radius 1 is 1.25 bits per heavy atom. The number of nitrogens with one attached hydrogen (secondary N) is 3. The number of hydrogen-bond donors (Lipinski definition) is 3. The molecule has 1 aromatic rings. The highest BCUT2D eigenvalue weighted by molar-refractivity contribution is 6.34. The van der Waals surface area contributed by atoms with Crippen molar-refractivity contribution in [2.45, 2.75) is 44.2 Å². The monoisotopic (exact) mass is 371 g/mol. The lowest BCUT2D eigenvalue weighted by molar-refractivity contribution is -0.117. The van der Waals surface area contributed by atoms with E-state index in [1.807, 2.05) is 0 Å². The van der Waals surface area contributed by atoms with Gasteiger partial charge in [0.25, 0.3) is 5.91 Å². The second-order valence-electron chi connectivity index (χ2n) is 6.50. The van der Waals surface area contributed by atoms with E-state index in [1.54, 1.807) is 25.2 Å². The number of amides is 2. The summed E-state index contributed by atoms with van der Waals surface area (Å²) in [5, 5.41) is 9.39. The number of halogens is 2. The zero-order valence-corrected chi connectivity index (χ0v) is 15.2. The molecule has 0 aliphatic carbocycles. The maximum Gasteiger partial charge on any atom is 0.252 e. The molecule has 2 saturated heterocycles. The lowest BCUT2D eigenvalue weighted by atomic mass is 9.89. The Bertz CT molecular complexity index is 612. The molecule has 2 aliphatic heterocycles. The van der Waals surface area contributed by atoms with E-state index in [4.69, 9.17) is 11.6 Å². The zero-order chi connectivity index (χ0) is 16.4. The second kappa shape index (κ2) is 8.19. The van der Waals surface area contributed by atoms with E-state index in [2.05, 4.69) is 16.0 Å². The van der Waals surface area contributed by atoms with Gasteiger partial charge < -0.3 is 16.0 Å². The van der Waals surface area contributed by atoms with E-state index in [0.717, 1.165) is 12.8 Å². The van der Waals surface area contributed by atoms with Crippen molar-refractivity contribution in [3.63, 3.8) is 0 Å². The predicted molar refractivity (Wildman–Crippen MR) is 98.0 cm³/mol. The summed E-state index contributed by atoms with van der Waals surface area (Å²) >= 11 is 6.02. The molecule has 0 spiro atoms. The Morgan fingerprint density at radius 2 is 1.92 bits per heavy atom. The van der Waals surface area contributed by atoms with Crippen molar-refractivity contribution in [2.24, 2.45) is 5.92 Å². The van der Waals surface area contributed by atoms with Gasteiger partial charge in [0.2, 0.25) is 5.91 Å². The third kappa shape index (κ3) is 4.41. The maximum absolute atomic E-state index is 12.3. The Hall–Kier alpha value is -1.30. The average molecular weight is 372 g/mol. The van der Waals surface area contributed by atoms with Crippen LogP contribution in [0.5, 0.6) is 0 Å².